The maximum Gasteiger partial charge on any atom is 0.250 e. The molecule has 1 aromatic rings. The number of nitrogens with one attached hydrogen (secondary N) is 1. The first-order chi connectivity index (χ1) is 8.49. The van der Waals surface area contributed by atoms with E-state index >= 15 is 0 Å². The number of rotatable bonds is 3. The lowest BCUT2D eigenvalue weighted by Gasteiger charge is -2.15. The van der Waals surface area contributed by atoms with Gasteiger partial charge >= 0.3 is 0 Å². The van der Waals surface area contributed by atoms with Crippen molar-refractivity contribution in [1.82, 2.24) is 4.72 Å². The summed E-state index contributed by atoms with van der Waals surface area (Å²) in [7, 11) is -3.37. The van der Waals surface area contributed by atoms with E-state index < -0.39 is 10.0 Å². The largest absolute Gasteiger partial charge is 0.250 e. The number of thiophene rings is 1. The summed E-state index contributed by atoms with van der Waals surface area (Å²) in [5.74, 6) is 0. The van der Waals surface area contributed by atoms with E-state index in [4.69, 9.17) is 0 Å². The zero-order chi connectivity index (χ0) is 13.2. The maximum atomic E-state index is 12.2. The van der Waals surface area contributed by atoms with E-state index in [9.17, 15) is 8.42 Å². The van der Waals surface area contributed by atoms with Crippen molar-refractivity contribution >= 4 is 53.2 Å². The molecule has 18 heavy (non-hydrogen) atoms. The van der Waals surface area contributed by atoms with E-state index in [0.29, 0.717) is 4.21 Å². The lowest BCUT2D eigenvalue weighted by Crippen LogP contribution is -2.33. The quantitative estimate of drug-likeness (QED) is 0.747. The van der Waals surface area contributed by atoms with Crippen molar-refractivity contribution in [2.45, 2.75) is 48.8 Å². The Balaban J connectivity index is 2.11. The van der Waals surface area contributed by atoms with E-state index in [0.717, 1.165) is 33.9 Å². The smallest absolute Gasteiger partial charge is 0.207 e. The Bertz CT molecular complexity index is 486. The fourth-order valence-corrected chi connectivity index (χ4v) is 6.27. The molecule has 1 N–H and O–H groups in total. The fourth-order valence-electron chi connectivity index (χ4n) is 2.13. The van der Waals surface area contributed by atoms with Crippen molar-refractivity contribution in [3.63, 3.8) is 0 Å². The van der Waals surface area contributed by atoms with Crippen LogP contribution >= 0.6 is 43.2 Å². The van der Waals surface area contributed by atoms with Gasteiger partial charge < -0.3 is 0 Å². The van der Waals surface area contributed by atoms with Gasteiger partial charge in [0.15, 0.2) is 0 Å². The Hall–Kier alpha value is 0.570. The molecule has 0 amide bonds. The highest BCUT2D eigenvalue weighted by Crippen LogP contribution is 2.35. The van der Waals surface area contributed by atoms with Crippen molar-refractivity contribution < 1.29 is 8.42 Å². The molecule has 1 aromatic heterocycles. The second kappa shape index (κ2) is 6.35. The zero-order valence-corrected chi connectivity index (χ0v) is 14.6. The molecule has 0 aromatic carbocycles. The molecule has 0 unspecified atom stereocenters. The van der Waals surface area contributed by atoms with Crippen LogP contribution in [0.2, 0.25) is 0 Å². The van der Waals surface area contributed by atoms with E-state index in [1.54, 1.807) is 6.07 Å². The first-order valence-corrected chi connectivity index (χ1v) is 9.85. The third-order valence-electron chi connectivity index (χ3n) is 3.06. The van der Waals surface area contributed by atoms with E-state index in [1.807, 2.05) is 0 Å². The second-order valence-corrected chi connectivity index (χ2v) is 9.66. The van der Waals surface area contributed by atoms with Crippen LogP contribution in [0.1, 0.15) is 38.5 Å². The van der Waals surface area contributed by atoms with Crippen molar-refractivity contribution in [1.29, 1.82) is 0 Å². The second-order valence-electron chi connectivity index (χ2n) is 4.50. The summed E-state index contributed by atoms with van der Waals surface area (Å²) >= 11 is 7.88. The normalized spacial score (nSPS) is 18.8. The van der Waals surface area contributed by atoms with Crippen molar-refractivity contribution in [2.75, 3.05) is 0 Å². The molecule has 102 valence electrons. The first-order valence-electron chi connectivity index (χ1n) is 5.96. The molecule has 7 heteroatoms. The molecule has 2 rings (SSSR count). The topological polar surface area (TPSA) is 46.2 Å². The summed E-state index contributed by atoms with van der Waals surface area (Å²) < 4.78 is 29.3. The van der Waals surface area contributed by atoms with Crippen LogP contribution < -0.4 is 4.72 Å². The van der Waals surface area contributed by atoms with Crippen molar-refractivity contribution in [3.05, 3.63) is 14.3 Å². The first kappa shape index (κ1) is 15.0. The number of hydrogen-bond donors (Lipinski definition) is 1. The molecule has 0 atom stereocenters. The minimum absolute atomic E-state index is 0.0946. The summed E-state index contributed by atoms with van der Waals surface area (Å²) in [5, 5.41) is 0. The Morgan fingerprint density at radius 2 is 1.78 bits per heavy atom. The highest BCUT2D eigenvalue weighted by Gasteiger charge is 2.23. The van der Waals surface area contributed by atoms with Gasteiger partial charge in [-0.15, -0.1) is 11.3 Å². The standard InChI is InChI=1S/C11H15Br2NO2S2/c12-9-7-10(17-11(9)13)18(15,16)14-8-5-3-1-2-4-6-8/h7-8,14H,1-6H2. The van der Waals surface area contributed by atoms with Crippen LogP contribution in [0, 0.1) is 0 Å². The van der Waals surface area contributed by atoms with E-state index in [-0.39, 0.29) is 6.04 Å². The molecule has 1 aliphatic carbocycles. The molecule has 0 radical (unpaired) electrons. The number of hydrogen-bond acceptors (Lipinski definition) is 3. The predicted molar refractivity (Wildman–Crippen MR) is 81.5 cm³/mol. The number of halogens is 2. The van der Waals surface area contributed by atoms with Gasteiger partial charge in [0.1, 0.15) is 4.21 Å². The van der Waals surface area contributed by atoms with Gasteiger partial charge in [0.05, 0.1) is 3.79 Å². The van der Waals surface area contributed by atoms with Crippen LogP contribution in [0.4, 0.5) is 0 Å². The van der Waals surface area contributed by atoms with E-state index in [2.05, 4.69) is 36.6 Å². The lowest BCUT2D eigenvalue weighted by atomic mass is 10.1. The lowest BCUT2D eigenvalue weighted by molar-refractivity contribution is 0.511. The highest BCUT2D eigenvalue weighted by molar-refractivity contribution is 9.13. The van der Waals surface area contributed by atoms with Gasteiger partial charge in [-0.2, -0.15) is 0 Å². The van der Waals surface area contributed by atoms with Gasteiger partial charge in [0, 0.05) is 10.5 Å². The Labute approximate surface area is 129 Å². The molecule has 0 spiro atoms. The highest BCUT2D eigenvalue weighted by atomic mass is 79.9. The van der Waals surface area contributed by atoms with Crippen molar-refractivity contribution in [2.24, 2.45) is 0 Å². The summed E-state index contributed by atoms with van der Waals surface area (Å²) in [4.78, 5) is 0. The third-order valence-corrected chi connectivity index (χ3v) is 8.31. The minimum Gasteiger partial charge on any atom is -0.207 e. The third kappa shape index (κ3) is 3.79. The fraction of sp³-hybridized carbons (Fsp3) is 0.636. The van der Waals surface area contributed by atoms with Crippen LogP contribution in [-0.4, -0.2) is 14.5 Å². The molecule has 0 bridgehead atoms. The summed E-state index contributed by atoms with van der Waals surface area (Å²) in [6, 6.07) is 1.74. The Kier molecular flexibility index (Phi) is 5.28. The molecule has 1 heterocycles. The monoisotopic (exact) mass is 415 g/mol. The Morgan fingerprint density at radius 3 is 2.28 bits per heavy atom. The maximum absolute atomic E-state index is 12.2. The Morgan fingerprint density at radius 1 is 1.17 bits per heavy atom. The number of sulfonamides is 1. The summed E-state index contributed by atoms with van der Waals surface area (Å²) in [6.07, 6.45) is 6.57. The van der Waals surface area contributed by atoms with Crippen LogP contribution in [0.3, 0.4) is 0 Å². The average Bonchev–Trinajstić information content (AvgIpc) is 2.53. The molecule has 1 aliphatic rings. The van der Waals surface area contributed by atoms with Gasteiger partial charge in [-0.3, -0.25) is 0 Å². The molecule has 1 fully saturated rings. The predicted octanol–water partition coefficient (Wildman–Crippen LogP) is 4.27. The van der Waals surface area contributed by atoms with Gasteiger partial charge in [-0.1, -0.05) is 25.7 Å². The van der Waals surface area contributed by atoms with Gasteiger partial charge in [0.25, 0.3) is 0 Å². The van der Waals surface area contributed by atoms with Crippen LogP contribution in [0.15, 0.2) is 18.5 Å². The van der Waals surface area contributed by atoms with E-state index in [1.165, 1.54) is 24.2 Å². The molecular weight excluding hydrogens is 402 g/mol. The molecule has 1 saturated carbocycles. The van der Waals surface area contributed by atoms with Crippen LogP contribution in [0.25, 0.3) is 0 Å². The van der Waals surface area contributed by atoms with Crippen LogP contribution in [-0.2, 0) is 10.0 Å². The SMILES string of the molecule is O=S(=O)(NC1CCCCCC1)c1cc(Br)c(Br)s1. The average molecular weight is 417 g/mol. The van der Waals surface area contributed by atoms with Crippen LogP contribution in [0.5, 0.6) is 0 Å². The van der Waals surface area contributed by atoms with Gasteiger partial charge in [-0.25, -0.2) is 13.1 Å². The molecule has 0 aliphatic heterocycles. The minimum atomic E-state index is -3.37. The summed E-state index contributed by atoms with van der Waals surface area (Å²) in [5.41, 5.74) is 0. The molecule has 0 saturated heterocycles. The molecule has 3 nitrogen and oxygen atoms in total. The summed E-state index contributed by atoms with van der Waals surface area (Å²) in [6.45, 7) is 0. The van der Waals surface area contributed by atoms with Gasteiger partial charge in [-0.05, 0) is 50.8 Å². The van der Waals surface area contributed by atoms with Crippen molar-refractivity contribution in [3.8, 4) is 0 Å². The van der Waals surface area contributed by atoms with Gasteiger partial charge in [0.2, 0.25) is 10.0 Å². The zero-order valence-electron chi connectivity index (χ0n) is 9.79. The molecular formula is C11H15Br2NO2S2.